The Morgan fingerprint density at radius 2 is 2.29 bits per heavy atom. The molecule has 0 saturated carbocycles. The van der Waals surface area contributed by atoms with Gasteiger partial charge in [-0.05, 0) is 46.1 Å². The fraction of sp³-hybridized carbons (Fsp3) is 0.750. The summed E-state index contributed by atoms with van der Waals surface area (Å²) in [6.45, 7) is 12.4. The zero-order valence-electron chi connectivity index (χ0n) is 13.7. The van der Waals surface area contributed by atoms with Crippen molar-refractivity contribution in [1.82, 2.24) is 20.0 Å². The number of rotatable bonds is 6. The van der Waals surface area contributed by atoms with Crippen LogP contribution in [0.15, 0.2) is 6.20 Å². The number of nitrogens with zero attached hydrogens (tertiary/aromatic N) is 3. The maximum Gasteiger partial charge on any atom is 0.254 e. The molecule has 1 aromatic rings. The lowest BCUT2D eigenvalue weighted by Gasteiger charge is -2.20. The summed E-state index contributed by atoms with van der Waals surface area (Å²) >= 11 is 0. The quantitative estimate of drug-likeness (QED) is 0.873. The molecule has 5 heteroatoms. The summed E-state index contributed by atoms with van der Waals surface area (Å²) in [6.07, 6.45) is 3.89. The van der Waals surface area contributed by atoms with Gasteiger partial charge in [0, 0.05) is 31.4 Å². The largest absolute Gasteiger partial charge is 0.352 e. The van der Waals surface area contributed by atoms with Gasteiger partial charge < -0.3 is 10.2 Å². The van der Waals surface area contributed by atoms with E-state index >= 15 is 0 Å². The Labute approximate surface area is 127 Å². The molecule has 0 radical (unpaired) electrons. The molecule has 0 spiro atoms. The topological polar surface area (TPSA) is 50.2 Å². The number of hydrogen-bond acceptors (Lipinski definition) is 3. The van der Waals surface area contributed by atoms with Gasteiger partial charge in [-0.25, -0.2) is 0 Å². The molecule has 0 bridgehead atoms. The van der Waals surface area contributed by atoms with Gasteiger partial charge in [-0.3, -0.25) is 9.48 Å². The lowest BCUT2D eigenvalue weighted by Crippen LogP contribution is -2.33. The van der Waals surface area contributed by atoms with Gasteiger partial charge >= 0.3 is 0 Å². The minimum atomic E-state index is 0.0119. The summed E-state index contributed by atoms with van der Waals surface area (Å²) in [7, 11) is 0. The molecule has 1 aliphatic rings. The van der Waals surface area contributed by atoms with Crippen LogP contribution in [0.1, 0.15) is 49.7 Å². The number of carbonyl (C=O) groups is 1. The number of aromatic nitrogens is 2. The Hall–Kier alpha value is -1.36. The van der Waals surface area contributed by atoms with E-state index in [1.54, 1.807) is 6.20 Å². The van der Waals surface area contributed by atoms with Crippen molar-refractivity contribution in [3.05, 3.63) is 17.5 Å². The van der Waals surface area contributed by atoms with Crippen LogP contribution < -0.4 is 5.32 Å². The Kier molecular flexibility index (Phi) is 5.39. The van der Waals surface area contributed by atoms with Crippen molar-refractivity contribution in [1.29, 1.82) is 0 Å². The van der Waals surface area contributed by atoms with Crippen molar-refractivity contribution in [3.8, 4) is 0 Å². The number of likely N-dealkylation sites (tertiary alicyclic amines) is 1. The van der Waals surface area contributed by atoms with Gasteiger partial charge in [0.05, 0.1) is 11.8 Å². The van der Waals surface area contributed by atoms with Crippen molar-refractivity contribution in [3.63, 3.8) is 0 Å². The summed E-state index contributed by atoms with van der Waals surface area (Å²) in [6, 6.07) is 0.597. The highest BCUT2D eigenvalue weighted by molar-refractivity contribution is 5.95. The van der Waals surface area contributed by atoms with E-state index in [0.29, 0.717) is 17.5 Å². The Bertz CT molecular complexity index is 481. The third-order valence-electron chi connectivity index (χ3n) is 4.38. The third kappa shape index (κ3) is 3.84. The second kappa shape index (κ2) is 7.07. The van der Waals surface area contributed by atoms with Crippen LogP contribution in [0.5, 0.6) is 0 Å². The van der Waals surface area contributed by atoms with Gasteiger partial charge in [-0.15, -0.1) is 0 Å². The molecule has 1 N–H and O–H groups in total. The van der Waals surface area contributed by atoms with Crippen LogP contribution in [0.25, 0.3) is 0 Å². The van der Waals surface area contributed by atoms with E-state index in [0.717, 1.165) is 38.3 Å². The summed E-state index contributed by atoms with van der Waals surface area (Å²) in [5.41, 5.74) is 1.67. The molecule has 1 aliphatic heterocycles. The van der Waals surface area contributed by atoms with Crippen molar-refractivity contribution in [2.45, 2.75) is 53.1 Å². The molecule has 1 saturated heterocycles. The molecule has 0 unspecified atom stereocenters. The molecule has 2 rings (SSSR count). The second-order valence-electron chi connectivity index (χ2n) is 6.32. The molecule has 0 aromatic carbocycles. The monoisotopic (exact) mass is 292 g/mol. The van der Waals surface area contributed by atoms with Crippen LogP contribution >= 0.6 is 0 Å². The van der Waals surface area contributed by atoms with Crippen molar-refractivity contribution < 1.29 is 4.79 Å². The molecule has 2 heterocycles. The van der Waals surface area contributed by atoms with E-state index in [1.807, 2.05) is 11.6 Å². The summed E-state index contributed by atoms with van der Waals surface area (Å²) in [5.74, 6) is 0.584. The van der Waals surface area contributed by atoms with Gasteiger partial charge in [0.1, 0.15) is 0 Å². The van der Waals surface area contributed by atoms with Gasteiger partial charge in [0.25, 0.3) is 5.91 Å². The number of nitrogens with one attached hydrogen (secondary N) is 1. The maximum atomic E-state index is 12.3. The van der Waals surface area contributed by atoms with Crippen molar-refractivity contribution in [2.75, 3.05) is 19.6 Å². The summed E-state index contributed by atoms with van der Waals surface area (Å²) < 4.78 is 1.91. The normalized spacial score (nSPS) is 19.4. The number of carbonyl (C=O) groups excluding carboxylic acids is 1. The third-order valence-corrected chi connectivity index (χ3v) is 4.38. The Balaban J connectivity index is 1.85. The average molecular weight is 292 g/mol. The Morgan fingerprint density at radius 1 is 1.52 bits per heavy atom. The first kappa shape index (κ1) is 16.0. The lowest BCUT2D eigenvalue weighted by molar-refractivity contribution is 0.0946. The van der Waals surface area contributed by atoms with E-state index in [9.17, 15) is 4.79 Å². The molecule has 1 amide bonds. The molecular weight excluding hydrogens is 264 g/mol. The zero-order chi connectivity index (χ0) is 15.4. The average Bonchev–Trinajstić information content (AvgIpc) is 3.05. The molecule has 1 atom stereocenters. The number of hydrogen-bond donors (Lipinski definition) is 1. The Morgan fingerprint density at radius 3 is 2.90 bits per heavy atom. The first-order chi connectivity index (χ1) is 10.0. The van der Waals surface area contributed by atoms with Crippen molar-refractivity contribution >= 4 is 5.91 Å². The summed E-state index contributed by atoms with van der Waals surface area (Å²) in [5, 5.41) is 7.37. The maximum absolute atomic E-state index is 12.3. The van der Waals surface area contributed by atoms with Crippen LogP contribution in [-0.2, 0) is 6.54 Å². The van der Waals surface area contributed by atoms with Crippen LogP contribution in [-0.4, -0.2) is 46.3 Å². The van der Waals surface area contributed by atoms with Gasteiger partial charge in [0.2, 0.25) is 0 Å². The molecular formula is C16H28N4O. The molecule has 5 nitrogen and oxygen atoms in total. The van der Waals surface area contributed by atoms with Gasteiger partial charge in [0.15, 0.2) is 0 Å². The van der Waals surface area contributed by atoms with Crippen LogP contribution in [0.4, 0.5) is 0 Å². The van der Waals surface area contributed by atoms with Crippen LogP contribution in [0.2, 0.25) is 0 Å². The highest BCUT2D eigenvalue weighted by atomic mass is 16.1. The van der Waals surface area contributed by atoms with E-state index < -0.39 is 0 Å². The van der Waals surface area contributed by atoms with Crippen LogP contribution in [0, 0.1) is 12.8 Å². The smallest absolute Gasteiger partial charge is 0.254 e. The number of amides is 1. The standard InChI is InChI=1S/C16H28N4O/c1-5-7-20-13(4)15(10-18-20)16(21)17-9-14-6-8-19(11-14)12(2)3/h10,12,14H,5-9,11H2,1-4H3,(H,17,21)/t14-/m1/s1. The van der Waals surface area contributed by atoms with E-state index in [1.165, 1.54) is 6.42 Å². The van der Waals surface area contributed by atoms with E-state index in [2.05, 4.69) is 36.1 Å². The second-order valence-corrected chi connectivity index (χ2v) is 6.32. The van der Waals surface area contributed by atoms with E-state index in [-0.39, 0.29) is 5.91 Å². The SMILES string of the molecule is CCCn1ncc(C(=O)NC[C@H]2CCN(C(C)C)C2)c1C. The minimum absolute atomic E-state index is 0.0119. The molecule has 0 aliphatic carbocycles. The molecule has 1 aromatic heterocycles. The first-order valence-corrected chi connectivity index (χ1v) is 8.07. The predicted molar refractivity (Wildman–Crippen MR) is 84.4 cm³/mol. The van der Waals surface area contributed by atoms with Crippen molar-refractivity contribution in [2.24, 2.45) is 5.92 Å². The highest BCUT2D eigenvalue weighted by Gasteiger charge is 2.24. The van der Waals surface area contributed by atoms with Gasteiger partial charge in [-0.2, -0.15) is 5.10 Å². The predicted octanol–water partition coefficient (Wildman–Crippen LogP) is 2.06. The fourth-order valence-electron chi connectivity index (χ4n) is 2.94. The lowest BCUT2D eigenvalue weighted by atomic mass is 10.1. The molecule has 118 valence electrons. The van der Waals surface area contributed by atoms with Gasteiger partial charge in [-0.1, -0.05) is 6.92 Å². The van der Waals surface area contributed by atoms with Crippen LogP contribution in [0.3, 0.4) is 0 Å². The highest BCUT2D eigenvalue weighted by Crippen LogP contribution is 2.18. The van der Waals surface area contributed by atoms with E-state index in [4.69, 9.17) is 0 Å². The summed E-state index contributed by atoms with van der Waals surface area (Å²) in [4.78, 5) is 14.8. The number of aryl methyl sites for hydroxylation is 1. The molecule has 1 fully saturated rings. The fourth-order valence-corrected chi connectivity index (χ4v) is 2.94. The minimum Gasteiger partial charge on any atom is -0.352 e. The first-order valence-electron chi connectivity index (χ1n) is 8.07. The molecule has 21 heavy (non-hydrogen) atoms. The zero-order valence-corrected chi connectivity index (χ0v) is 13.7.